The molecule has 0 heterocycles. The second-order valence-electron chi connectivity index (χ2n) is 8.76. The zero-order chi connectivity index (χ0) is 24.9. The summed E-state index contributed by atoms with van der Waals surface area (Å²) in [7, 11) is 3.71. The number of hydrogen-bond acceptors (Lipinski definition) is 4. The molecule has 1 aliphatic rings. The smallest absolute Gasteiger partial charge is 0.251 e. The first-order valence-corrected chi connectivity index (χ1v) is 12.4. The van der Waals surface area contributed by atoms with Crippen molar-refractivity contribution < 1.29 is 14.6 Å². The number of nitrogens with zero attached hydrogens (tertiary/aromatic N) is 2. The summed E-state index contributed by atoms with van der Waals surface area (Å²) in [5, 5.41) is 13.7. The maximum atomic E-state index is 12.8. The maximum absolute atomic E-state index is 12.8. The fourth-order valence-corrected chi connectivity index (χ4v) is 4.70. The molecule has 0 aliphatic heterocycles. The van der Waals surface area contributed by atoms with Gasteiger partial charge in [0.1, 0.15) is 5.84 Å². The van der Waals surface area contributed by atoms with E-state index in [-0.39, 0.29) is 11.9 Å². The number of likely N-dealkylation sites (N-methyl/N-ethyl adjacent to an activating group) is 1. The largest absolute Gasteiger partial charge is 0.390 e. The number of rotatable bonds is 7. The first-order valence-electron chi connectivity index (χ1n) is 11.6. The van der Waals surface area contributed by atoms with Crippen LogP contribution in [0.25, 0.3) is 0 Å². The van der Waals surface area contributed by atoms with Gasteiger partial charge in [0.15, 0.2) is 0 Å². The van der Waals surface area contributed by atoms with E-state index in [9.17, 15) is 9.90 Å². The number of carbonyl (C=O) groups excluding carboxylic acids is 1. The summed E-state index contributed by atoms with van der Waals surface area (Å²) in [6.07, 6.45) is -0.190. The number of methoxy groups -OCH3 is 1. The quantitative estimate of drug-likeness (QED) is 0.322. The average Bonchev–Trinajstić information content (AvgIpc) is 3.17. The Morgan fingerprint density at radius 2 is 1.89 bits per heavy atom. The van der Waals surface area contributed by atoms with E-state index in [4.69, 9.17) is 9.73 Å². The maximum Gasteiger partial charge on any atom is 0.251 e. The molecule has 1 aliphatic carbocycles. The Labute approximate surface area is 214 Å². The number of aliphatic imine (C=N–C) groups is 1. The van der Waals surface area contributed by atoms with E-state index in [2.05, 4.69) is 38.3 Å². The van der Waals surface area contributed by atoms with Crippen LogP contribution in [0.2, 0.25) is 0 Å². The average molecular weight is 536 g/mol. The third kappa shape index (κ3) is 5.81. The number of amides is 1. The highest BCUT2D eigenvalue weighted by atomic mass is 79.9. The van der Waals surface area contributed by atoms with Gasteiger partial charge in [-0.05, 0) is 60.0 Å². The summed E-state index contributed by atoms with van der Waals surface area (Å²) >= 11 is 3.39. The number of nitrogens with one attached hydrogen (secondary N) is 1. The molecule has 3 atom stereocenters. The van der Waals surface area contributed by atoms with Gasteiger partial charge in [-0.15, -0.1) is 0 Å². The highest BCUT2D eigenvalue weighted by Crippen LogP contribution is 2.35. The third-order valence-electron chi connectivity index (χ3n) is 6.45. The Morgan fingerprint density at radius 1 is 1.17 bits per heavy atom. The molecule has 0 spiro atoms. The number of benzene rings is 3. The van der Waals surface area contributed by atoms with Gasteiger partial charge in [0, 0.05) is 30.6 Å². The molecule has 1 amide bonds. The van der Waals surface area contributed by atoms with Crippen molar-refractivity contribution in [1.29, 1.82) is 0 Å². The number of aliphatic hydroxyl groups excluding tert-OH is 1. The lowest BCUT2D eigenvalue weighted by atomic mass is 10.1. The van der Waals surface area contributed by atoms with Crippen LogP contribution in [0.1, 0.15) is 46.1 Å². The monoisotopic (exact) mass is 535 g/mol. The second-order valence-corrected chi connectivity index (χ2v) is 9.68. The summed E-state index contributed by atoms with van der Waals surface area (Å²) < 4.78 is 6.38. The zero-order valence-corrected chi connectivity index (χ0v) is 21.7. The van der Waals surface area contributed by atoms with E-state index in [1.807, 2.05) is 62.5 Å². The molecule has 35 heavy (non-hydrogen) atoms. The van der Waals surface area contributed by atoms with Crippen LogP contribution in [0.3, 0.4) is 0 Å². The molecule has 0 unspecified atom stereocenters. The molecular formula is C28H30BrN3O3. The molecule has 182 valence electrons. The van der Waals surface area contributed by atoms with Gasteiger partial charge in [0.2, 0.25) is 0 Å². The van der Waals surface area contributed by atoms with E-state index in [1.54, 1.807) is 19.2 Å². The van der Waals surface area contributed by atoms with E-state index in [0.717, 1.165) is 32.7 Å². The van der Waals surface area contributed by atoms with Crippen molar-refractivity contribution >= 4 is 33.4 Å². The van der Waals surface area contributed by atoms with Gasteiger partial charge in [0.25, 0.3) is 5.91 Å². The molecule has 2 N–H and O–H groups in total. The molecule has 0 radical (unpaired) electrons. The van der Waals surface area contributed by atoms with Crippen LogP contribution >= 0.6 is 15.9 Å². The van der Waals surface area contributed by atoms with Crippen LogP contribution in [0.15, 0.2) is 82.3 Å². The molecule has 0 fully saturated rings. The Kier molecular flexibility index (Phi) is 8.00. The van der Waals surface area contributed by atoms with E-state index in [1.165, 1.54) is 0 Å². The molecule has 0 saturated heterocycles. The van der Waals surface area contributed by atoms with Crippen molar-refractivity contribution in [3.05, 3.63) is 99.5 Å². The molecule has 0 aromatic heterocycles. The lowest BCUT2D eigenvalue weighted by Crippen LogP contribution is -2.33. The van der Waals surface area contributed by atoms with Crippen LogP contribution in [-0.4, -0.2) is 48.6 Å². The van der Waals surface area contributed by atoms with E-state index in [0.29, 0.717) is 18.6 Å². The first-order chi connectivity index (χ1) is 16.9. The van der Waals surface area contributed by atoms with Crippen LogP contribution in [0.4, 0.5) is 5.69 Å². The van der Waals surface area contributed by atoms with Crippen LogP contribution < -0.4 is 5.32 Å². The van der Waals surface area contributed by atoms with Crippen molar-refractivity contribution in [1.82, 2.24) is 10.2 Å². The Bertz CT molecular complexity index is 1200. The van der Waals surface area contributed by atoms with Gasteiger partial charge < -0.3 is 20.1 Å². The summed E-state index contributed by atoms with van der Waals surface area (Å²) in [6, 6.07) is 22.8. The lowest BCUT2D eigenvalue weighted by molar-refractivity contribution is 0.0858. The van der Waals surface area contributed by atoms with Gasteiger partial charge in [-0.1, -0.05) is 52.3 Å². The number of ether oxygens (including phenoxy) is 1. The van der Waals surface area contributed by atoms with Crippen molar-refractivity contribution in [3.8, 4) is 0 Å². The predicted octanol–water partition coefficient (Wildman–Crippen LogP) is 5.21. The summed E-state index contributed by atoms with van der Waals surface area (Å²) in [4.78, 5) is 19.8. The van der Waals surface area contributed by atoms with Gasteiger partial charge >= 0.3 is 0 Å². The highest BCUT2D eigenvalue weighted by molar-refractivity contribution is 9.10. The fraction of sp³-hybridized carbons (Fsp3) is 0.286. The molecule has 0 bridgehead atoms. The minimum atomic E-state index is -0.684. The Balaban J connectivity index is 1.56. The zero-order valence-electron chi connectivity index (χ0n) is 20.1. The highest BCUT2D eigenvalue weighted by Gasteiger charge is 2.32. The molecule has 3 aromatic rings. The lowest BCUT2D eigenvalue weighted by Gasteiger charge is -2.29. The second kappa shape index (κ2) is 11.2. The first kappa shape index (κ1) is 25.1. The van der Waals surface area contributed by atoms with Gasteiger partial charge in [-0.3, -0.25) is 4.79 Å². The number of hydrogen-bond donors (Lipinski definition) is 2. The summed E-state index contributed by atoms with van der Waals surface area (Å²) in [5.74, 6) is 0.620. The van der Waals surface area contributed by atoms with Crippen LogP contribution in [0.5, 0.6) is 0 Å². The molecule has 3 aromatic carbocycles. The van der Waals surface area contributed by atoms with Crippen molar-refractivity contribution in [3.63, 3.8) is 0 Å². The minimum Gasteiger partial charge on any atom is -0.390 e. The molecule has 0 saturated carbocycles. The molecule has 7 heteroatoms. The topological polar surface area (TPSA) is 74.2 Å². The van der Waals surface area contributed by atoms with Crippen molar-refractivity contribution in [2.24, 2.45) is 4.99 Å². The standard InChI is InChI=1S/C28H30BrN3O3/c1-18(32(2)25(17-35-3)19-7-5-4-6-8-19)30-23-14-11-21-15-26(33)27(24(21)16-23)31-28(34)20-9-12-22(29)13-10-20/h4-14,16,25-27,33H,15,17H2,1-3H3,(H,31,34)/b30-18+/t25-,26-,27-/m1/s1. The number of halogens is 1. The summed E-state index contributed by atoms with van der Waals surface area (Å²) in [6.45, 7) is 2.51. The van der Waals surface area contributed by atoms with E-state index < -0.39 is 12.1 Å². The van der Waals surface area contributed by atoms with Gasteiger partial charge in [-0.2, -0.15) is 0 Å². The minimum absolute atomic E-state index is 0.0270. The third-order valence-corrected chi connectivity index (χ3v) is 6.98. The number of carbonyl (C=O) groups is 1. The molecule has 6 nitrogen and oxygen atoms in total. The number of fused-ring (bicyclic) bond motifs is 1. The number of amidine groups is 1. The normalized spacial score (nSPS) is 18.1. The molecular weight excluding hydrogens is 506 g/mol. The van der Waals surface area contributed by atoms with Crippen LogP contribution in [-0.2, 0) is 11.2 Å². The number of aliphatic hydroxyl groups is 1. The van der Waals surface area contributed by atoms with E-state index >= 15 is 0 Å². The predicted molar refractivity (Wildman–Crippen MR) is 142 cm³/mol. The van der Waals surface area contributed by atoms with Crippen molar-refractivity contribution in [2.75, 3.05) is 20.8 Å². The SMILES string of the molecule is COC[C@H](c1ccccc1)N(C)/C(C)=N/c1ccc2c(c1)[C@@H](NC(=O)c1ccc(Br)cc1)[C@H](O)C2. The van der Waals surface area contributed by atoms with Gasteiger partial charge in [-0.25, -0.2) is 4.99 Å². The van der Waals surface area contributed by atoms with Crippen molar-refractivity contribution in [2.45, 2.75) is 31.5 Å². The van der Waals surface area contributed by atoms with Crippen LogP contribution in [0, 0.1) is 0 Å². The molecule has 4 rings (SSSR count). The Hall–Kier alpha value is -3.00. The van der Waals surface area contributed by atoms with Gasteiger partial charge in [0.05, 0.1) is 30.5 Å². The summed E-state index contributed by atoms with van der Waals surface area (Å²) in [5.41, 5.74) is 4.39. The Morgan fingerprint density at radius 3 is 2.57 bits per heavy atom. The fourth-order valence-electron chi connectivity index (χ4n) is 4.43.